The molecule has 2 aromatic rings. The number of amides is 2. The Kier molecular flexibility index (Phi) is 10.1. The molecule has 38 heavy (non-hydrogen) atoms. The van der Waals surface area contributed by atoms with Crippen molar-refractivity contribution in [3.05, 3.63) is 59.7 Å². The third-order valence-corrected chi connectivity index (χ3v) is 7.84. The molecule has 3 rings (SSSR count). The molecule has 1 atom stereocenters. The van der Waals surface area contributed by atoms with Gasteiger partial charge in [-0.05, 0) is 49.1 Å². The Morgan fingerprint density at radius 1 is 1.08 bits per heavy atom. The van der Waals surface area contributed by atoms with Gasteiger partial charge in [-0.1, -0.05) is 38.3 Å². The third-order valence-electron chi connectivity index (χ3n) is 6.69. The molecule has 11 heteroatoms. The van der Waals surface area contributed by atoms with Crippen LogP contribution in [0, 0.1) is 11.6 Å². The van der Waals surface area contributed by atoms with Crippen molar-refractivity contribution in [1.82, 2.24) is 10.2 Å². The van der Waals surface area contributed by atoms with E-state index in [0.717, 1.165) is 56.6 Å². The van der Waals surface area contributed by atoms with Crippen LogP contribution in [0.1, 0.15) is 51.0 Å². The molecular weight excluding hydrogens is 516 g/mol. The number of carbonyl (C=O) groups excluding carboxylic acids is 2. The Hall–Kier alpha value is -3.21. The molecule has 0 heterocycles. The molecule has 1 N–H and O–H groups in total. The van der Waals surface area contributed by atoms with Crippen LogP contribution in [0.15, 0.2) is 42.5 Å². The van der Waals surface area contributed by atoms with Gasteiger partial charge in [0, 0.05) is 18.7 Å². The van der Waals surface area contributed by atoms with Gasteiger partial charge in [0.2, 0.25) is 21.8 Å². The average Bonchev–Trinajstić information content (AvgIpc) is 2.88. The van der Waals surface area contributed by atoms with E-state index >= 15 is 0 Å². The molecule has 0 aliphatic heterocycles. The average molecular weight is 552 g/mol. The van der Waals surface area contributed by atoms with Crippen molar-refractivity contribution in [2.24, 2.45) is 0 Å². The third kappa shape index (κ3) is 7.66. The van der Waals surface area contributed by atoms with Crippen LogP contribution in [0.25, 0.3) is 0 Å². The summed E-state index contributed by atoms with van der Waals surface area (Å²) in [5, 5.41) is 3.06. The standard InChI is InChI=1S/C27H35F2N3O5S/c1-4-25(27(34)30-20-10-6-5-7-11-20)31(17-19-9-8-12-22(15-19)37-2)26(33)18-32(38(3,35)36)21-13-14-23(28)24(29)16-21/h8-9,12-16,20,25H,4-7,10-11,17-18H2,1-3H3,(H,30,34)/t25-/m0/s1. The summed E-state index contributed by atoms with van der Waals surface area (Å²) in [6.45, 7) is 1.10. The zero-order chi connectivity index (χ0) is 27.9. The van der Waals surface area contributed by atoms with Crippen molar-refractivity contribution in [3.63, 3.8) is 0 Å². The number of carbonyl (C=O) groups is 2. The van der Waals surface area contributed by atoms with Gasteiger partial charge >= 0.3 is 0 Å². The lowest BCUT2D eigenvalue weighted by Gasteiger charge is -2.34. The number of halogens is 2. The van der Waals surface area contributed by atoms with E-state index in [4.69, 9.17) is 4.74 Å². The van der Waals surface area contributed by atoms with E-state index in [2.05, 4.69) is 5.32 Å². The smallest absolute Gasteiger partial charge is 0.244 e. The van der Waals surface area contributed by atoms with Crippen molar-refractivity contribution < 1.29 is 31.5 Å². The maximum Gasteiger partial charge on any atom is 0.244 e. The van der Waals surface area contributed by atoms with Gasteiger partial charge in [0.25, 0.3) is 0 Å². The highest BCUT2D eigenvalue weighted by Crippen LogP contribution is 2.23. The Balaban J connectivity index is 1.94. The molecule has 1 aliphatic carbocycles. The van der Waals surface area contributed by atoms with Crippen molar-refractivity contribution in [3.8, 4) is 5.75 Å². The maximum atomic E-state index is 13.9. The van der Waals surface area contributed by atoms with Crippen LogP contribution in [-0.2, 0) is 26.2 Å². The number of nitrogens with zero attached hydrogens (tertiary/aromatic N) is 2. The minimum absolute atomic E-state index is 0.0159. The highest BCUT2D eigenvalue weighted by Gasteiger charge is 2.33. The minimum atomic E-state index is -4.06. The second-order valence-electron chi connectivity index (χ2n) is 9.51. The predicted molar refractivity (Wildman–Crippen MR) is 141 cm³/mol. The molecule has 0 saturated heterocycles. The molecule has 0 bridgehead atoms. The fraction of sp³-hybridized carbons (Fsp3) is 0.481. The summed E-state index contributed by atoms with van der Waals surface area (Å²) in [6.07, 6.45) is 6.06. The lowest BCUT2D eigenvalue weighted by Crippen LogP contribution is -2.53. The number of benzene rings is 2. The summed E-state index contributed by atoms with van der Waals surface area (Å²) in [5.41, 5.74) is 0.487. The van der Waals surface area contributed by atoms with E-state index in [1.165, 1.54) is 12.0 Å². The van der Waals surface area contributed by atoms with Crippen molar-refractivity contribution in [1.29, 1.82) is 0 Å². The molecule has 1 fully saturated rings. The Morgan fingerprint density at radius 2 is 1.79 bits per heavy atom. The zero-order valence-electron chi connectivity index (χ0n) is 22.0. The summed E-state index contributed by atoms with van der Waals surface area (Å²) >= 11 is 0. The molecule has 1 aliphatic rings. The first-order valence-corrected chi connectivity index (χ1v) is 14.5. The van der Waals surface area contributed by atoms with Gasteiger partial charge in [0.15, 0.2) is 11.6 Å². The first-order chi connectivity index (χ1) is 18.0. The molecule has 0 spiro atoms. The van der Waals surface area contributed by atoms with Crippen LogP contribution in [0.3, 0.4) is 0 Å². The van der Waals surface area contributed by atoms with Gasteiger partial charge in [-0.15, -0.1) is 0 Å². The normalized spacial score (nSPS) is 15.0. The fourth-order valence-corrected chi connectivity index (χ4v) is 5.53. The zero-order valence-corrected chi connectivity index (χ0v) is 22.8. The second-order valence-corrected chi connectivity index (χ2v) is 11.4. The minimum Gasteiger partial charge on any atom is -0.497 e. The molecule has 208 valence electrons. The summed E-state index contributed by atoms with van der Waals surface area (Å²) in [5.74, 6) is -2.79. The van der Waals surface area contributed by atoms with Crippen LogP contribution >= 0.6 is 0 Å². The number of ether oxygens (including phenoxy) is 1. The Bertz CT molecular complexity index is 1230. The SMILES string of the molecule is CC[C@@H](C(=O)NC1CCCCC1)N(Cc1cccc(OC)c1)C(=O)CN(c1ccc(F)c(F)c1)S(C)(=O)=O. The fourth-order valence-electron chi connectivity index (χ4n) is 4.69. The molecule has 8 nitrogen and oxygen atoms in total. The van der Waals surface area contributed by atoms with Crippen LogP contribution in [0.2, 0.25) is 0 Å². The van der Waals surface area contributed by atoms with Gasteiger partial charge < -0.3 is 15.0 Å². The van der Waals surface area contributed by atoms with Gasteiger partial charge in [0.05, 0.1) is 19.1 Å². The Morgan fingerprint density at radius 3 is 2.39 bits per heavy atom. The first kappa shape index (κ1) is 29.3. The van der Waals surface area contributed by atoms with E-state index in [0.29, 0.717) is 15.6 Å². The van der Waals surface area contributed by atoms with E-state index in [1.54, 1.807) is 31.2 Å². The van der Waals surface area contributed by atoms with Crippen LogP contribution in [0.4, 0.5) is 14.5 Å². The number of hydrogen-bond donors (Lipinski definition) is 1. The highest BCUT2D eigenvalue weighted by molar-refractivity contribution is 7.92. The molecule has 0 radical (unpaired) electrons. The van der Waals surface area contributed by atoms with Crippen molar-refractivity contribution in [2.45, 2.75) is 64.1 Å². The lowest BCUT2D eigenvalue weighted by atomic mass is 9.95. The summed E-state index contributed by atoms with van der Waals surface area (Å²) in [7, 11) is -2.54. The van der Waals surface area contributed by atoms with Gasteiger partial charge in [-0.3, -0.25) is 13.9 Å². The lowest BCUT2D eigenvalue weighted by molar-refractivity contribution is -0.140. The van der Waals surface area contributed by atoms with Crippen LogP contribution in [0.5, 0.6) is 5.75 Å². The molecule has 2 amide bonds. The van der Waals surface area contributed by atoms with Crippen molar-refractivity contribution >= 4 is 27.5 Å². The molecule has 1 saturated carbocycles. The molecular formula is C27H35F2N3O5S. The Labute approximate surface area is 223 Å². The van der Waals surface area contributed by atoms with E-state index in [-0.39, 0.29) is 30.6 Å². The predicted octanol–water partition coefficient (Wildman–Crippen LogP) is 4.00. The number of nitrogens with one attached hydrogen (secondary N) is 1. The number of methoxy groups -OCH3 is 1. The van der Waals surface area contributed by atoms with Crippen LogP contribution in [-0.4, -0.2) is 57.1 Å². The van der Waals surface area contributed by atoms with E-state index < -0.39 is 40.2 Å². The number of hydrogen-bond acceptors (Lipinski definition) is 5. The largest absolute Gasteiger partial charge is 0.497 e. The summed E-state index contributed by atoms with van der Waals surface area (Å²) in [4.78, 5) is 28.4. The maximum absolute atomic E-state index is 13.9. The van der Waals surface area contributed by atoms with Gasteiger partial charge in [-0.25, -0.2) is 17.2 Å². The second kappa shape index (κ2) is 13.0. The summed E-state index contributed by atoms with van der Waals surface area (Å²) in [6, 6.07) is 8.77. The highest BCUT2D eigenvalue weighted by atomic mass is 32.2. The quantitative estimate of drug-likeness (QED) is 0.456. The van der Waals surface area contributed by atoms with Crippen molar-refractivity contribution in [2.75, 3.05) is 24.2 Å². The molecule has 2 aromatic carbocycles. The van der Waals surface area contributed by atoms with E-state index in [9.17, 15) is 26.8 Å². The molecule has 0 unspecified atom stereocenters. The topological polar surface area (TPSA) is 96.0 Å². The number of sulfonamides is 1. The first-order valence-electron chi connectivity index (χ1n) is 12.7. The van der Waals surface area contributed by atoms with E-state index in [1.807, 2.05) is 0 Å². The number of anilines is 1. The van der Waals surface area contributed by atoms with Crippen LogP contribution < -0.4 is 14.4 Å². The monoisotopic (exact) mass is 551 g/mol. The van der Waals surface area contributed by atoms with Gasteiger partial charge in [-0.2, -0.15) is 0 Å². The molecule has 0 aromatic heterocycles. The number of rotatable bonds is 11. The van der Waals surface area contributed by atoms with Gasteiger partial charge in [0.1, 0.15) is 18.3 Å². The summed E-state index contributed by atoms with van der Waals surface area (Å²) < 4.78 is 58.7.